The van der Waals surface area contributed by atoms with Crippen LogP contribution in [0.4, 0.5) is 5.69 Å². The van der Waals surface area contributed by atoms with E-state index in [4.69, 9.17) is 23.7 Å². The van der Waals surface area contributed by atoms with E-state index in [-0.39, 0.29) is 49.3 Å². The first-order valence-electron chi connectivity index (χ1n) is 12.4. The van der Waals surface area contributed by atoms with E-state index in [2.05, 4.69) is 37.2 Å². The molecule has 3 heterocycles. The molecule has 1 unspecified atom stereocenters. The van der Waals surface area contributed by atoms with Crippen molar-refractivity contribution in [2.24, 2.45) is 5.92 Å². The molecular weight excluding hydrogens is 448 g/mol. The highest BCUT2D eigenvalue weighted by Crippen LogP contribution is 2.52. The molecule has 3 aliphatic heterocycles. The fourth-order valence-electron chi connectivity index (χ4n) is 5.06. The number of rotatable bonds is 11. The molecule has 8 heteroatoms. The van der Waals surface area contributed by atoms with Gasteiger partial charge in [0.05, 0.1) is 25.3 Å². The van der Waals surface area contributed by atoms with Crippen LogP contribution in [0, 0.1) is 5.92 Å². The lowest BCUT2D eigenvalue weighted by atomic mass is 9.88. The first kappa shape index (κ1) is 25.5. The van der Waals surface area contributed by atoms with Crippen molar-refractivity contribution in [3.63, 3.8) is 0 Å². The van der Waals surface area contributed by atoms with Gasteiger partial charge in [-0.2, -0.15) is 0 Å². The number of carbonyl (C=O) groups excluding carboxylic acids is 1. The number of anilines is 1. The molecule has 0 aliphatic carbocycles. The van der Waals surface area contributed by atoms with Crippen LogP contribution in [-0.2, 0) is 19.0 Å². The molecule has 0 saturated carbocycles. The van der Waals surface area contributed by atoms with Crippen LogP contribution >= 0.6 is 0 Å². The van der Waals surface area contributed by atoms with Crippen LogP contribution in [0.2, 0.25) is 0 Å². The molecule has 8 nitrogen and oxygen atoms in total. The molecule has 35 heavy (non-hydrogen) atoms. The summed E-state index contributed by atoms with van der Waals surface area (Å²) in [4.78, 5) is 15.6. The lowest BCUT2D eigenvalue weighted by Crippen LogP contribution is -2.53. The number of carbonyl (C=O) groups is 1. The van der Waals surface area contributed by atoms with Crippen molar-refractivity contribution < 1.29 is 28.5 Å². The molecule has 0 bridgehead atoms. The van der Waals surface area contributed by atoms with Gasteiger partial charge in [-0.15, -0.1) is 13.2 Å². The number of hydrogen-bond donors (Lipinski definition) is 1. The third kappa shape index (κ3) is 5.34. The van der Waals surface area contributed by atoms with Crippen molar-refractivity contribution in [1.29, 1.82) is 0 Å². The van der Waals surface area contributed by atoms with Crippen LogP contribution in [-0.4, -0.2) is 56.4 Å². The van der Waals surface area contributed by atoms with Crippen LogP contribution in [0.1, 0.15) is 52.2 Å². The van der Waals surface area contributed by atoms with Crippen molar-refractivity contribution in [2.45, 2.75) is 70.6 Å². The van der Waals surface area contributed by atoms with Gasteiger partial charge in [0.15, 0.2) is 17.3 Å². The predicted molar refractivity (Wildman–Crippen MR) is 134 cm³/mol. The molecule has 1 fully saturated rings. The first-order valence-corrected chi connectivity index (χ1v) is 12.4. The molecule has 1 N–H and O–H groups in total. The van der Waals surface area contributed by atoms with Gasteiger partial charge in [0.2, 0.25) is 12.7 Å². The molecule has 1 aromatic rings. The minimum absolute atomic E-state index is 0.0483. The highest BCUT2D eigenvalue weighted by atomic mass is 16.8. The number of nitrogens with one attached hydrogen (secondary N) is 1. The van der Waals surface area contributed by atoms with Gasteiger partial charge in [0, 0.05) is 30.3 Å². The fraction of sp³-hybridized carbons (Fsp3) is 0.593. The normalized spacial score (nSPS) is 25.4. The Kier molecular flexibility index (Phi) is 7.73. The molecule has 5 atom stereocenters. The molecule has 3 aliphatic rings. The van der Waals surface area contributed by atoms with E-state index in [1.54, 1.807) is 6.08 Å². The summed E-state index contributed by atoms with van der Waals surface area (Å²) in [6.45, 7) is 17.3. The second-order valence-electron chi connectivity index (χ2n) is 9.88. The number of fused-ring (bicyclic) bond motifs is 4. The van der Waals surface area contributed by atoms with Gasteiger partial charge in [-0.1, -0.05) is 32.4 Å². The highest BCUT2D eigenvalue weighted by molar-refractivity contribution is 5.78. The van der Waals surface area contributed by atoms with Gasteiger partial charge in [-0.3, -0.25) is 4.79 Å². The largest absolute Gasteiger partial charge is 0.454 e. The summed E-state index contributed by atoms with van der Waals surface area (Å²) in [6.07, 6.45) is 4.08. The van der Waals surface area contributed by atoms with E-state index in [0.717, 1.165) is 17.7 Å². The molecule has 1 amide bonds. The van der Waals surface area contributed by atoms with E-state index in [1.807, 2.05) is 32.1 Å². The lowest BCUT2D eigenvalue weighted by Gasteiger charge is -2.43. The quantitative estimate of drug-likeness (QED) is 0.373. The Morgan fingerprint density at radius 3 is 2.69 bits per heavy atom. The number of ether oxygens (including phenoxy) is 5. The van der Waals surface area contributed by atoms with Crippen molar-refractivity contribution >= 4 is 11.6 Å². The van der Waals surface area contributed by atoms with E-state index in [1.165, 1.54) is 0 Å². The maximum atomic E-state index is 13.4. The smallest absolute Gasteiger partial charge is 0.231 e. The lowest BCUT2D eigenvalue weighted by molar-refractivity contribution is -0.148. The fourth-order valence-corrected chi connectivity index (χ4v) is 5.06. The Balaban J connectivity index is 1.61. The number of amides is 1. The van der Waals surface area contributed by atoms with Gasteiger partial charge in [-0.25, -0.2) is 0 Å². The first-order chi connectivity index (χ1) is 16.8. The average Bonchev–Trinajstić information content (AvgIpc) is 3.41. The average molecular weight is 487 g/mol. The molecule has 4 rings (SSSR count). The summed E-state index contributed by atoms with van der Waals surface area (Å²) < 4.78 is 29.7. The minimum Gasteiger partial charge on any atom is -0.454 e. The van der Waals surface area contributed by atoms with E-state index in [9.17, 15) is 4.79 Å². The molecule has 1 saturated heterocycles. The van der Waals surface area contributed by atoms with Gasteiger partial charge in [0.1, 0.15) is 12.2 Å². The zero-order valence-corrected chi connectivity index (χ0v) is 21.2. The predicted octanol–water partition coefficient (Wildman–Crippen LogP) is 4.11. The standard InChI is InChI=1S/C27H38N2O6/c1-7-10-29-20-13-23-22(32-16-33-23)12-18(20)25-26(35-27(5,6)34-25)21(29)14-24(30)28-19(17(4)9-3)15-31-11-8-2/h7-8,12-13,17,19,21,25-26H,1-2,9-11,14-16H2,3-6H3,(H,28,30)/t17?,19-,21+,25+,26+/m1/s1. The Morgan fingerprint density at radius 1 is 1.26 bits per heavy atom. The van der Waals surface area contributed by atoms with Crippen LogP contribution < -0.4 is 19.7 Å². The maximum absolute atomic E-state index is 13.4. The number of benzene rings is 1. The van der Waals surface area contributed by atoms with Crippen molar-refractivity contribution in [1.82, 2.24) is 5.32 Å². The summed E-state index contributed by atoms with van der Waals surface area (Å²) in [7, 11) is 0. The third-order valence-electron chi connectivity index (χ3n) is 6.98. The van der Waals surface area contributed by atoms with E-state index < -0.39 is 5.79 Å². The van der Waals surface area contributed by atoms with Gasteiger partial charge >= 0.3 is 0 Å². The third-order valence-corrected chi connectivity index (χ3v) is 6.98. The molecular formula is C27H38N2O6. The maximum Gasteiger partial charge on any atom is 0.231 e. The Morgan fingerprint density at radius 2 is 2.00 bits per heavy atom. The molecule has 0 radical (unpaired) electrons. The van der Waals surface area contributed by atoms with Crippen molar-refractivity contribution in [3.05, 3.63) is 43.0 Å². The van der Waals surface area contributed by atoms with Gasteiger partial charge in [0.25, 0.3) is 0 Å². The summed E-state index contributed by atoms with van der Waals surface area (Å²) in [5.74, 6) is 0.834. The van der Waals surface area contributed by atoms with Gasteiger partial charge in [-0.05, 0) is 25.8 Å². The zero-order valence-electron chi connectivity index (χ0n) is 21.2. The van der Waals surface area contributed by atoms with Crippen molar-refractivity contribution in [2.75, 3.05) is 31.5 Å². The monoisotopic (exact) mass is 486 g/mol. The van der Waals surface area contributed by atoms with Crippen LogP contribution in [0.3, 0.4) is 0 Å². The summed E-state index contributed by atoms with van der Waals surface area (Å²) in [5, 5.41) is 3.21. The Bertz CT molecular complexity index is 948. The second-order valence-corrected chi connectivity index (χ2v) is 9.88. The van der Waals surface area contributed by atoms with Crippen LogP contribution in [0.5, 0.6) is 11.5 Å². The second kappa shape index (κ2) is 10.6. The Labute approximate surface area is 208 Å². The zero-order chi connectivity index (χ0) is 25.2. The van der Waals surface area contributed by atoms with Crippen LogP contribution in [0.15, 0.2) is 37.4 Å². The van der Waals surface area contributed by atoms with E-state index in [0.29, 0.717) is 31.3 Å². The van der Waals surface area contributed by atoms with E-state index >= 15 is 0 Å². The molecule has 1 aromatic carbocycles. The Hall–Kier alpha value is -2.55. The number of hydrogen-bond acceptors (Lipinski definition) is 7. The van der Waals surface area contributed by atoms with Gasteiger partial charge < -0.3 is 33.9 Å². The van der Waals surface area contributed by atoms with Crippen LogP contribution in [0.25, 0.3) is 0 Å². The number of nitrogens with zero attached hydrogens (tertiary/aromatic N) is 1. The molecule has 192 valence electrons. The summed E-state index contributed by atoms with van der Waals surface area (Å²) >= 11 is 0. The topological polar surface area (TPSA) is 78.5 Å². The summed E-state index contributed by atoms with van der Waals surface area (Å²) in [5.41, 5.74) is 1.92. The molecule has 0 aromatic heterocycles. The SMILES string of the molecule is C=CCOC[C@@H](NC(=O)C[C@H]1[C@@H]2OC(C)(C)O[C@H]2c2cc3c(cc2N1CC=C)OCO3)C(C)CC. The highest BCUT2D eigenvalue weighted by Gasteiger charge is 2.52. The minimum atomic E-state index is -0.778. The molecule has 0 spiro atoms. The summed E-state index contributed by atoms with van der Waals surface area (Å²) in [6, 6.07) is 3.61. The van der Waals surface area contributed by atoms with Crippen molar-refractivity contribution in [3.8, 4) is 11.5 Å².